The molecule has 0 saturated heterocycles. The van der Waals surface area contributed by atoms with E-state index in [4.69, 9.17) is 0 Å². The van der Waals surface area contributed by atoms with Gasteiger partial charge in [-0.3, -0.25) is 0 Å². The molecular weight excluding hydrogens is 633 g/mol. The predicted molar refractivity (Wildman–Crippen MR) is 148 cm³/mol. The average Bonchev–Trinajstić information content (AvgIpc) is 2.92. The Morgan fingerprint density at radius 3 is 0.512 bits per heavy atom. The summed E-state index contributed by atoms with van der Waals surface area (Å²) in [6.07, 6.45) is 1.98. The third-order valence-electron chi connectivity index (χ3n) is 6.01. The van der Waals surface area contributed by atoms with E-state index in [0.717, 1.165) is 110 Å². The highest BCUT2D eigenvalue weighted by Crippen LogP contribution is 2.28. The summed E-state index contributed by atoms with van der Waals surface area (Å²) in [6.45, 7) is 0. The van der Waals surface area contributed by atoms with Crippen LogP contribution in [0, 0.1) is 0 Å². The van der Waals surface area contributed by atoms with Crippen LogP contribution in [0.15, 0.2) is 136 Å². The van der Waals surface area contributed by atoms with E-state index in [1.807, 2.05) is 0 Å². The van der Waals surface area contributed by atoms with Gasteiger partial charge in [0.05, 0.1) is 39.2 Å². The van der Waals surface area contributed by atoms with Crippen LogP contribution in [0.5, 0.6) is 0 Å². The molecule has 0 saturated carbocycles. The second kappa shape index (κ2) is 10.5. The Hall–Kier alpha value is -3.37. The van der Waals surface area contributed by atoms with Crippen LogP contribution in [0.2, 0.25) is 0 Å². The molecule has 15 heteroatoms. The van der Waals surface area contributed by atoms with E-state index in [2.05, 4.69) is 0 Å². The zero-order chi connectivity index (χ0) is 30.4. The van der Waals surface area contributed by atoms with Gasteiger partial charge in [0, 0.05) is 12.5 Å². The maximum Gasteiger partial charge on any atom is 0.206 e. The Bertz CT molecular complexity index is 2010. The third-order valence-corrected chi connectivity index (χ3v) is 13.6. The van der Waals surface area contributed by atoms with E-state index in [0.29, 0.717) is 0 Å². The van der Waals surface area contributed by atoms with Crippen LogP contribution in [-0.2, 0) is 49.2 Å². The molecular formula is C26H22O10S5. The van der Waals surface area contributed by atoms with E-state index in [1.165, 1.54) is 0 Å². The van der Waals surface area contributed by atoms with Crippen molar-refractivity contribution in [2.24, 2.45) is 0 Å². The minimum absolute atomic E-state index is 0.0541. The first kappa shape index (κ1) is 30.6. The predicted octanol–water partition coefficient (Wildman–Crippen LogP) is 2.99. The number of hydrogen-bond donors (Lipinski definition) is 0. The summed E-state index contributed by atoms with van der Waals surface area (Å²) < 4.78 is 125. The summed E-state index contributed by atoms with van der Waals surface area (Å²) in [5, 5.41) is 0. The topological polar surface area (TPSA) is 171 Å². The molecule has 0 bridgehead atoms. The van der Waals surface area contributed by atoms with Gasteiger partial charge in [0.2, 0.25) is 29.5 Å². The van der Waals surface area contributed by atoms with Gasteiger partial charge >= 0.3 is 0 Å². The fourth-order valence-electron chi connectivity index (χ4n) is 3.74. The molecule has 0 amide bonds. The molecule has 0 unspecified atom stereocenters. The van der Waals surface area contributed by atoms with Crippen molar-refractivity contribution in [2.75, 3.05) is 12.5 Å². The van der Waals surface area contributed by atoms with Crippen LogP contribution in [0.25, 0.3) is 0 Å². The van der Waals surface area contributed by atoms with Crippen molar-refractivity contribution >= 4 is 49.2 Å². The van der Waals surface area contributed by atoms with Crippen molar-refractivity contribution in [3.63, 3.8) is 0 Å². The van der Waals surface area contributed by atoms with Crippen LogP contribution in [0.4, 0.5) is 0 Å². The highest BCUT2D eigenvalue weighted by molar-refractivity contribution is 7.92. The monoisotopic (exact) mass is 654 g/mol. The SMILES string of the molecule is CS(=O)(=O)c1ccc(S(=O)(=O)c2ccc(S(=O)(=O)c3ccc(S(=O)(=O)c4ccc(S(C)(=O)=O)cc4)cc3)cc2)cc1. The van der Waals surface area contributed by atoms with E-state index < -0.39 is 49.2 Å². The molecule has 0 fully saturated rings. The quantitative estimate of drug-likeness (QED) is 0.275. The summed E-state index contributed by atoms with van der Waals surface area (Å²) >= 11 is 0. The highest BCUT2D eigenvalue weighted by Gasteiger charge is 2.24. The van der Waals surface area contributed by atoms with Gasteiger partial charge in [-0.05, 0) is 97.1 Å². The van der Waals surface area contributed by atoms with Crippen LogP contribution in [0.3, 0.4) is 0 Å². The molecule has 216 valence electrons. The van der Waals surface area contributed by atoms with Crippen LogP contribution in [0.1, 0.15) is 0 Å². The summed E-state index contributed by atoms with van der Waals surface area (Å²) in [6, 6.07) is 18.0. The van der Waals surface area contributed by atoms with Crippen molar-refractivity contribution in [1.82, 2.24) is 0 Å². The number of rotatable bonds is 8. The summed E-state index contributed by atoms with van der Waals surface area (Å²) in [7, 11) is -19.4. The van der Waals surface area contributed by atoms with Gasteiger partial charge in [0.25, 0.3) is 0 Å². The lowest BCUT2D eigenvalue weighted by Gasteiger charge is -2.09. The molecule has 0 radical (unpaired) electrons. The van der Waals surface area contributed by atoms with Gasteiger partial charge in [-0.15, -0.1) is 0 Å². The smallest absolute Gasteiger partial charge is 0.206 e. The molecule has 41 heavy (non-hydrogen) atoms. The Kier molecular flexibility index (Phi) is 7.81. The molecule has 0 N–H and O–H groups in total. The van der Waals surface area contributed by atoms with Crippen molar-refractivity contribution < 1.29 is 42.1 Å². The Balaban J connectivity index is 1.60. The van der Waals surface area contributed by atoms with Gasteiger partial charge in [-0.1, -0.05) is 0 Å². The Labute approximate surface area is 238 Å². The zero-order valence-electron chi connectivity index (χ0n) is 21.4. The molecule has 10 nitrogen and oxygen atoms in total. The van der Waals surface area contributed by atoms with E-state index >= 15 is 0 Å². The molecule has 0 aliphatic rings. The molecule has 0 heterocycles. The Morgan fingerprint density at radius 1 is 0.268 bits per heavy atom. The molecule has 0 aliphatic heterocycles. The number of hydrogen-bond acceptors (Lipinski definition) is 10. The summed E-state index contributed by atoms with van der Waals surface area (Å²) in [4.78, 5) is -1.37. The van der Waals surface area contributed by atoms with Gasteiger partial charge in [0.1, 0.15) is 0 Å². The van der Waals surface area contributed by atoms with Gasteiger partial charge < -0.3 is 0 Å². The first-order chi connectivity index (χ1) is 18.8. The maximum absolute atomic E-state index is 13.1. The first-order valence-corrected chi connectivity index (χ1v) is 19.6. The van der Waals surface area contributed by atoms with Gasteiger partial charge in [-0.2, -0.15) is 0 Å². The van der Waals surface area contributed by atoms with E-state index in [1.54, 1.807) is 0 Å². The molecule has 0 aromatic heterocycles. The maximum atomic E-state index is 13.1. The summed E-state index contributed by atoms with van der Waals surface area (Å²) in [5.74, 6) is 0. The first-order valence-electron chi connectivity index (χ1n) is 11.4. The third kappa shape index (κ3) is 6.13. The fourth-order valence-corrected chi connectivity index (χ4v) is 8.78. The largest absolute Gasteiger partial charge is 0.224 e. The van der Waals surface area contributed by atoms with Crippen LogP contribution >= 0.6 is 0 Å². The van der Waals surface area contributed by atoms with Gasteiger partial charge in [-0.25, -0.2) is 42.1 Å². The minimum Gasteiger partial charge on any atom is -0.224 e. The standard InChI is InChI=1S/C26H22O10S5/c1-37(27,28)19-3-7-21(8-4-19)39(31,32)23-11-15-25(16-12-23)41(35,36)26-17-13-24(14-18-26)40(33,34)22-9-5-20(6-10-22)38(2,29)30/h3-18H,1-2H3. The highest BCUT2D eigenvalue weighted by atomic mass is 32.2. The lowest BCUT2D eigenvalue weighted by atomic mass is 10.4. The van der Waals surface area contributed by atoms with Gasteiger partial charge in [0.15, 0.2) is 19.7 Å². The van der Waals surface area contributed by atoms with Crippen molar-refractivity contribution in [3.05, 3.63) is 97.1 Å². The van der Waals surface area contributed by atoms with E-state index in [9.17, 15) is 42.1 Å². The second-order valence-corrected chi connectivity index (χ2v) is 18.8. The molecule has 0 aliphatic carbocycles. The van der Waals surface area contributed by atoms with Crippen molar-refractivity contribution in [1.29, 1.82) is 0 Å². The minimum atomic E-state index is -4.16. The van der Waals surface area contributed by atoms with Crippen LogP contribution in [-0.4, -0.2) is 54.6 Å². The van der Waals surface area contributed by atoms with Crippen LogP contribution < -0.4 is 0 Å². The normalized spacial score (nSPS) is 13.1. The number of benzene rings is 4. The van der Waals surface area contributed by atoms with Crippen molar-refractivity contribution in [2.45, 2.75) is 39.2 Å². The molecule has 4 rings (SSSR count). The second-order valence-electron chi connectivity index (χ2n) is 8.94. The van der Waals surface area contributed by atoms with E-state index in [-0.39, 0.29) is 39.2 Å². The molecule has 0 atom stereocenters. The number of sulfone groups is 5. The molecule has 4 aromatic carbocycles. The average molecular weight is 655 g/mol. The van der Waals surface area contributed by atoms with Crippen molar-refractivity contribution in [3.8, 4) is 0 Å². The zero-order valence-corrected chi connectivity index (χ0v) is 25.4. The lowest BCUT2D eigenvalue weighted by molar-refractivity contribution is 0.591. The fraction of sp³-hybridized carbons (Fsp3) is 0.0769. The molecule has 0 spiro atoms. The Morgan fingerprint density at radius 2 is 0.390 bits per heavy atom. The lowest BCUT2D eigenvalue weighted by Crippen LogP contribution is -2.06. The molecule has 4 aromatic rings. The summed E-state index contributed by atoms with van der Waals surface area (Å²) in [5.41, 5.74) is 0.